The van der Waals surface area contributed by atoms with Gasteiger partial charge in [0, 0.05) is 31.4 Å². The van der Waals surface area contributed by atoms with Crippen molar-refractivity contribution >= 4 is 23.6 Å². The van der Waals surface area contributed by atoms with Crippen LogP contribution in [-0.2, 0) is 14.4 Å². The van der Waals surface area contributed by atoms with Gasteiger partial charge in [0.15, 0.2) is 0 Å². The Kier molecular flexibility index (Phi) is 7.14. The summed E-state index contributed by atoms with van der Waals surface area (Å²) < 4.78 is 0. The molecule has 5 rings (SSSR count). The lowest BCUT2D eigenvalue weighted by Crippen LogP contribution is -2.59. The molecule has 0 radical (unpaired) electrons. The maximum Gasteiger partial charge on any atom is 0.272 e. The first-order valence-corrected chi connectivity index (χ1v) is 13.6. The number of carbonyl (C=O) groups is 4. The number of carbonyl (C=O) groups excluding carboxylic acids is 4. The van der Waals surface area contributed by atoms with Crippen molar-refractivity contribution in [2.75, 3.05) is 13.1 Å². The maximum atomic E-state index is 14.2. The summed E-state index contributed by atoms with van der Waals surface area (Å²) in [7, 11) is 0. The molecule has 0 aromatic carbocycles. The van der Waals surface area contributed by atoms with E-state index in [1.165, 1.54) is 18.6 Å². The molecule has 11 nitrogen and oxygen atoms in total. The molecule has 3 fully saturated rings. The lowest BCUT2D eigenvalue weighted by molar-refractivity contribution is -0.143. The van der Waals surface area contributed by atoms with Crippen LogP contribution in [0.3, 0.4) is 0 Å². The fourth-order valence-corrected chi connectivity index (χ4v) is 6.77. The number of hydrogen-bond acceptors (Lipinski definition) is 7. The van der Waals surface area contributed by atoms with Gasteiger partial charge in [-0.3, -0.25) is 24.2 Å². The second kappa shape index (κ2) is 10.4. The minimum absolute atomic E-state index is 0.0608. The van der Waals surface area contributed by atoms with Crippen LogP contribution < -0.4 is 16.0 Å². The van der Waals surface area contributed by atoms with Gasteiger partial charge in [0.05, 0.1) is 12.3 Å². The summed E-state index contributed by atoms with van der Waals surface area (Å²) in [6, 6.07) is -0.393. The molecule has 206 valence electrons. The topological polar surface area (TPSA) is 157 Å². The zero-order valence-corrected chi connectivity index (χ0v) is 22.5. The third kappa shape index (κ3) is 5.12. The third-order valence-corrected chi connectivity index (χ3v) is 8.69. The average molecular weight is 534 g/mol. The Hall–Kier alpha value is -3.81. The molecule has 4 aliphatic rings. The molecule has 39 heavy (non-hydrogen) atoms. The Balaban J connectivity index is 1.39. The van der Waals surface area contributed by atoms with Gasteiger partial charge in [0.25, 0.3) is 5.91 Å². The number of allylic oxidation sites excluding steroid dienone is 2. The van der Waals surface area contributed by atoms with Gasteiger partial charge in [-0.2, -0.15) is 5.26 Å². The molecule has 1 aromatic rings. The lowest BCUT2D eigenvalue weighted by Gasteiger charge is -2.37. The molecule has 11 heteroatoms. The van der Waals surface area contributed by atoms with Gasteiger partial charge in [-0.1, -0.05) is 32.9 Å². The van der Waals surface area contributed by atoms with Crippen molar-refractivity contribution in [1.29, 1.82) is 5.26 Å². The van der Waals surface area contributed by atoms with E-state index in [1.54, 1.807) is 4.90 Å². The van der Waals surface area contributed by atoms with E-state index in [2.05, 4.69) is 44.1 Å². The molecule has 8 unspecified atom stereocenters. The van der Waals surface area contributed by atoms with Crippen molar-refractivity contribution in [3.05, 3.63) is 36.4 Å². The first-order chi connectivity index (χ1) is 18.6. The fraction of sp³-hybridized carbons (Fsp3) is 0.607. The van der Waals surface area contributed by atoms with Crippen LogP contribution in [0.2, 0.25) is 0 Å². The van der Waals surface area contributed by atoms with Crippen LogP contribution in [0.15, 0.2) is 30.7 Å². The zero-order valence-electron chi connectivity index (χ0n) is 22.5. The van der Waals surface area contributed by atoms with E-state index in [1.807, 2.05) is 20.8 Å². The van der Waals surface area contributed by atoms with Gasteiger partial charge >= 0.3 is 0 Å². The van der Waals surface area contributed by atoms with Crippen LogP contribution in [-0.4, -0.2) is 69.7 Å². The number of likely N-dealkylation sites (tertiary alicyclic amines) is 1. The molecule has 2 aliphatic carbocycles. The van der Waals surface area contributed by atoms with Gasteiger partial charge in [-0.15, -0.1) is 0 Å². The van der Waals surface area contributed by atoms with Gasteiger partial charge < -0.3 is 20.9 Å². The highest BCUT2D eigenvalue weighted by atomic mass is 16.2. The van der Waals surface area contributed by atoms with E-state index >= 15 is 0 Å². The molecule has 2 aliphatic heterocycles. The summed E-state index contributed by atoms with van der Waals surface area (Å²) in [4.78, 5) is 62.7. The molecule has 1 saturated carbocycles. The van der Waals surface area contributed by atoms with E-state index in [0.29, 0.717) is 25.4 Å². The first-order valence-electron chi connectivity index (χ1n) is 13.6. The summed E-state index contributed by atoms with van der Waals surface area (Å²) in [6.07, 6.45) is 10.3. The Morgan fingerprint density at radius 1 is 1.21 bits per heavy atom. The SMILES string of the molecule is CC(C)(C)C(NC(=O)c1cnccn1)C(=O)N1CC2C3C=CC(C3)C2C1C(=O)NC(C#N)CC1CCNC1=O. The second-order valence-electron chi connectivity index (χ2n) is 12.2. The minimum atomic E-state index is -0.916. The number of rotatable bonds is 7. The van der Waals surface area contributed by atoms with Crippen LogP contribution in [0.25, 0.3) is 0 Å². The highest BCUT2D eigenvalue weighted by molar-refractivity contribution is 5.97. The second-order valence-corrected chi connectivity index (χ2v) is 12.2. The van der Waals surface area contributed by atoms with Crippen molar-refractivity contribution in [2.45, 2.75) is 58.2 Å². The standard InChI is InChI=1S/C28H35N7O4/c1-28(2,3)23(34-25(37)20-13-30-8-9-31-20)27(39)35-14-19-15-4-5-16(10-15)21(19)22(35)26(38)33-18(12-29)11-17-6-7-32-24(17)36/h4-5,8-9,13,15-19,21-23H,6-7,10-11,14H2,1-3H3,(H,32,36)(H,33,38)(H,34,37). The predicted octanol–water partition coefficient (Wildman–Crippen LogP) is 0.805. The molecule has 1 aromatic heterocycles. The van der Waals surface area contributed by atoms with E-state index in [9.17, 15) is 24.4 Å². The molecule has 3 N–H and O–H groups in total. The van der Waals surface area contributed by atoms with Crippen LogP contribution in [0.4, 0.5) is 0 Å². The lowest BCUT2D eigenvalue weighted by atomic mass is 9.81. The monoisotopic (exact) mass is 533 g/mol. The Morgan fingerprint density at radius 3 is 2.62 bits per heavy atom. The molecular formula is C28H35N7O4. The molecule has 2 bridgehead atoms. The van der Waals surface area contributed by atoms with Gasteiger partial charge in [-0.05, 0) is 48.3 Å². The summed E-state index contributed by atoms with van der Waals surface area (Å²) in [6.45, 7) is 6.56. The molecular weight excluding hydrogens is 498 g/mol. The van der Waals surface area contributed by atoms with Crippen LogP contribution >= 0.6 is 0 Å². The predicted molar refractivity (Wildman–Crippen MR) is 139 cm³/mol. The zero-order chi connectivity index (χ0) is 27.9. The van der Waals surface area contributed by atoms with Gasteiger partial charge in [-0.25, -0.2) is 4.98 Å². The Morgan fingerprint density at radius 2 is 1.97 bits per heavy atom. The number of aromatic nitrogens is 2. The Bertz CT molecular complexity index is 1220. The smallest absolute Gasteiger partial charge is 0.272 e. The molecule has 0 spiro atoms. The Labute approximate surface area is 227 Å². The van der Waals surface area contributed by atoms with Crippen molar-refractivity contribution < 1.29 is 19.2 Å². The number of nitrogens with one attached hydrogen (secondary N) is 3. The number of nitrogens with zero attached hydrogens (tertiary/aromatic N) is 4. The summed E-state index contributed by atoms with van der Waals surface area (Å²) in [5.74, 6) is -1.11. The number of amides is 4. The van der Waals surface area contributed by atoms with E-state index < -0.39 is 29.4 Å². The molecule has 3 heterocycles. The summed E-state index contributed by atoms with van der Waals surface area (Å²) in [5.41, 5.74) is -0.558. The summed E-state index contributed by atoms with van der Waals surface area (Å²) in [5, 5.41) is 18.3. The quantitative estimate of drug-likeness (QED) is 0.438. The van der Waals surface area contributed by atoms with E-state index in [0.717, 1.165) is 6.42 Å². The van der Waals surface area contributed by atoms with E-state index in [4.69, 9.17) is 0 Å². The molecule has 2 saturated heterocycles. The molecule has 4 amide bonds. The highest BCUT2D eigenvalue weighted by Crippen LogP contribution is 2.54. The summed E-state index contributed by atoms with van der Waals surface area (Å²) >= 11 is 0. The fourth-order valence-electron chi connectivity index (χ4n) is 6.77. The van der Waals surface area contributed by atoms with Crippen molar-refractivity contribution in [3.63, 3.8) is 0 Å². The third-order valence-electron chi connectivity index (χ3n) is 8.69. The normalized spacial score (nSPS) is 30.3. The number of fused-ring (bicyclic) bond motifs is 5. The number of nitriles is 1. The maximum absolute atomic E-state index is 14.2. The van der Waals surface area contributed by atoms with Crippen molar-refractivity contribution in [3.8, 4) is 6.07 Å². The number of hydrogen-bond donors (Lipinski definition) is 3. The van der Waals surface area contributed by atoms with Gasteiger partial charge in [0.1, 0.15) is 23.8 Å². The molecule has 8 atom stereocenters. The van der Waals surface area contributed by atoms with Gasteiger partial charge in [0.2, 0.25) is 17.7 Å². The van der Waals surface area contributed by atoms with Crippen LogP contribution in [0, 0.1) is 46.3 Å². The first kappa shape index (κ1) is 26.8. The van der Waals surface area contributed by atoms with Crippen LogP contribution in [0.1, 0.15) is 50.5 Å². The van der Waals surface area contributed by atoms with Crippen LogP contribution in [0.5, 0.6) is 0 Å². The minimum Gasteiger partial charge on any atom is -0.356 e. The largest absolute Gasteiger partial charge is 0.356 e. The van der Waals surface area contributed by atoms with Crippen molar-refractivity contribution in [2.24, 2.45) is 35.0 Å². The van der Waals surface area contributed by atoms with E-state index in [-0.39, 0.29) is 53.5 Å². The van der Waals surface area contributed by atoms with Crippen molar-refractivity contribution in [1.82, 2.24) is 30.8 Å². The average Bonchev–Trinajstić information content (AvgIpc) is 3.69. The highest BCUT2D eigenvalue weighted by Gasteiger charge is 2.59.